The molecular weight excluding hydrogens is 345 g/mol. The predicted octanol–water partition coefficient (Wildman–Crippen LogP) is 1.61. The van der Waals surface area contributed by atoms with E-state index in [4.69, 9.17) is 11.6 Å². The Morgan fingerprint density at radius 3 is 2.53 bits per heavy atom. The van der Waals surface area contributed by atoms with Gasteiger partial charge in [0.1, 0.15) is 0 Å². The van der Waals surface area contributed by atoms with E-state index in [1.807, 2.05) is 12.1 Å². The van der Waals surface area contributed by atoms with Crippen molar-refractivity contribution in [1.82, 2.24) is 4.72 Å². The van der Waals surface area contributed by atoms with Crippen LogP contribution in [0.3, 0.4) is 0 Å². The second-order valence-electron chi connectivity index (χ2n) is 3.91. The van der Waals surface area contributed by atoms with Crippen LogP contribution < -0.4 is 9.07 Å². The molecule has 2 aromatic rings. The Labute approximate surface area is 126 Å². The number of sulfonamides is 1. The summed E-state index contributed by atoms with van der Waals surface area (Å²) in [6.45, 7) is 0.171. The number of hydrogen-bond acceptors (Lipinski definition) is 2. The standard InChI is InChI=1S/C13H11AsClNO2S/c14-11-5-3-6-12(8-11)19(17,18)16-9-10-4-1-2-7-13(10)15/h1-8,16H,9H2. The van der Waals surface area contributed by atoms with Crippen molar-refractivity contribution in [3.63, 3.8) is 0 Å². The molecule has 2 rings (SSSR count). The molecule has 2 aromatic carbocycles. The second-order valence-corrected chi connectivity index (χ2v) is 7.17. The van der Waals surface area contributed by atoms with E-state index in [9.17, 15) is 8.42 Å². The molecule has 0 amide bonds. The summed E-state index contributed by atoms with van der Waals surface area (Å²) in [5.74, 6) is 0. The summed E-state index contributed by atoms with van der Waals surface area (Å²) in [5, 5.41) is 0.547. The third kappa shape index (κ3) is 3.83. The summed E-state index contributed by atoms with van der Waals surface area (Å²) < 4.78 is 27.6. The van der Waals surface area contributed by atoms with Gasteiger partial charge >= 0.3 is 127 Å². The van der Waals surface area contributed by atoms with E-state index in [0.29, 0.717) is 5.02 Å². The number of rotatable bonds is 4. The van der Waals surface area contributed by atoms with Crippen LogP contribution in [0, 0.1) is 0 Å². The Hall–Kier alpha value is -0.802. The van der Waals surface area contributed by atoms with Gasteiger partial charge in [-0.05, 0) is 0 Å². The molecule has 1 N–H and O–H groups in total. The first-order valence-corrected chi connectivity index (χ1v) is 8.31. The number of halogens is 1. The van der Waals surface area contributed by atoms with E-state index in [1.165, 1.54) is 0 Å². The minimum atomic E-state index is -3.52. The average Bonchev–Trinajstić information content (AvgIpc) is 2.38. The predicted molar refractivity (Wildman–Crippen MR) is 77.3 cm³/mol. The molecule has 0 aliphatic rings. The molecule has 0 saturated heterocycles. The normalized spacial score (nSPS) is 11.5. The topological polar surface area (TPSA) is 46.2 Å². The SMILES string of the molecule is O=S(=O)(NCc1ccccc1Cl)c1cccc([As])c1. The Morgan fingerprint density at radius 1 is 1.11 bits per heavy atom. The van der Waals surface area contributed by atoms with Crippen molar-refractivity contribution >= 4 is 42.8 Å². The third-order valence-electron chi connectivity index (χ3n) is 2.54. The molecule has 0 aliphatic carbocycles. The van der Waals surface area contributed by atoms with E-state index in [2.05, 4.69) is 21.6 Å². The van der Waals surface area contributed by atoms with Crippen molar-refractivity contribution in [3.8, 4) is 0 Å². The fraction of sp³-hybridized carbons (Fsp3) is 0.0769. The van der Waals surface area contributed by atoms with Gasteiger partial charge in [0.25, 0.3) is 0 Å². The van der Waals surface area contributed by atoms with Crippen LogP contribution in [0.2, 0.25) is 5.02 Å². The molecule has 3 nitrogen and oxygen atoms in total. The van der Waals surface area contributed by atoms with Crippen molar-refractivity contribution in [2.75, 3.05) is 0 Å². The van der Waals surface area contributed by atoms with E-state index in [1.54, 1.807) is 36.4 Å². The van der Waals surface area contributed by atoms with Gasteiger partial charge in [0.2, 0.25) is 0 Å². The molecule has 0 atom stereocenters. The summed E-state index contributed by atoms with van der Waals surface area (Å²) in [6.07, 6.45) is 0. The van der Waals surface area contributed by atoms with Crippen LogP contribution in [0.4, 0.5) is 0 Å². The zero-order chi connectivity index (χ0) is 13.9. The fourth-order valence-corrected chi connectivity index (χ4v) is 3.47. The zero-order valence-electron chi connectivity index (χ0n) is 9.88. The molecule has 0 aliphatic heterocycles. The van der Waals surface area contributed by atoms with E-state index < -0.39 is 10.0 Å². The van der Waals surface area contributed by atoms with Gasteiger partial charge in [-0.2, -0.15) is 0 Å². The first-order chi connectivity index (χ1) is 8.99. The molecule has 6 heteroatoms. The Balaban J connectivity index is 2.17. The molecule has 0 saturated carbocycles. The van der Waals surface area contributed by atoms with Gasteiger partial charge in [-0.1, -0.05) is 0 Å². The van der Waals surface area contributed by atoms with Crippen LogP contribution in [0.25, 0.3) is 0 Å². The monoisotopic (exact) mass is 355 g/mol. The minimum absolute atomic E-state index is 0.171. The van der Waals surface area contributed by atoms with Crippen molar-refractivity contribution in [1.29, 1.82) is 0 Å². The van der Waals surface area contributed by atoms with E-state index in [0.717, 1.165) is 9.91 Å². The summed E-state index contributed by atoms with van der Waals surface area (Å²) in [6, 6.07) is 13.8. The van der Waals surface area contributed by atoms with Gasteiger partial charge in [0, 0.05) is 0 Å². The number of benzene rings is 2. The molecule has 0 unspecified atom stereocenters. The first-order valence-electron chi connectivity index (χ1n) is 5.51. The second kappa shape index (κ2) is 6.10. The van der Waals surface area contributed by atoms with Gasteiger partial charge in [-0.15, -0.1) is 0 Å². The van der Waals surface area contributed by atoms with Gasteiger partial charge in [0.05, 0.1) is 0 Å². The Bertz CT molecular complexity index is 689. The van der Waals surface area contributed by atoms with Gasteiger partial charge in [-0.3, -0.25) is 0 Å². The molecule has 0 heterocycles. The molecule has 0 aromatic heterocycles. The quantitative estimate of drug-likeness (QED) is 0.847. The van der Waals surface area contributed by atoms with E-state index >= 15 is 0 Å². The van der Waals surface area contributed by atoms with Crippen LogP contribution in [-0.4, -0.2) is 25.3 Å². The van der Waals surface area contributed by atoms with Gasteiger partial charge < -0.3 is 0 Å². The summed E-state index contributed by atoms with van der Waals surface area (Å²) >= 11 is 8.31. The maximum atomic E-state index is 12.1. The van der Waals surface area contributed by atoms with Gasteiger partial charge in [-0.25, -0.2) is 0 Å². The molecule has 0 spiro atoms. The molecule has 2 radical (unpaired) electrons. The third-order valence-corrected chi connectivity index (χ3v) is 4.89. The van der Waals surface area contributed by atoms with Crippen molar-refractivity contribution in [3.05, 3.63) is 59.1 Å². The van der Waals surface area contributed by atoms with Crippen molar-refractivity contribution in [2.24, 2.45) is 0 Å². The molecule has 98 valence electrons. The molecule has 0 fully saturated rings. The number of nitrogens with one attached hydrogen (secondary N) is 1. The van der Waals surface area contributed by atoms with Gasteiger partial charge in [0.15, 0.2) is 0 Å². The molecular formula is C13H11AsClNO2S. The number of hydrogen-bond donors (Lipinski definition) is 1. The van der Waals surface area contributed by atoms with Crippen LogP contribution in [0.1, 0.15) is 5.56 Å². The first kappa shape index (κ1) is 14.6. The summed E-state index contributed by atoms with van der Waals surface area (Å²) in [5.41, 5.74) is 0.746. The summed E-state index contributed by atoms with van der Waals surface area (Å²) in [7, 11) is -3.52. The van der Waals surface area contributed by atoms with Crippen LogP contribution >= 0.6 is 11.6 Å². The zero-order valence-corrected chi connectivity index (χ0v) is 13.3. The van der Waals surface area contributed by atoms with Crippen LogP contribution in [0.5, 0.6) is 0 Å². The summed E-state index contributed by atoms with van der Waals surface area (Å²) in [4.78, 5) is 0.248. The van der Waals surface area contributed by atoms with Crippen molar-refractivity contribution < 1.29 is 8.42 Å². The Morgan fingerprint density at radius 2 is 1.84 bits per heavy atom. The molecule has 19 heavy (non-hydrogen) atoms. The average molecular weight is 356 g/mol. The van der Waals surface area contributed by atoms with Crippen LogP contribution in [0.15, 0.2) is 53.4 Å². The van der Waals surface area contributed by atoms with Crippen molar-refractivity contribution in [2.45, 2.75) is 11.4 Å². The van der Waals surface area contributed by atoms with Crippen LogP contribution in [-0.2, 0) is 16.6 Å². The Kier molecular flexibility index (Phi) is 4.69. The fourth-order valence-electron chi connectivity index (χ4n) is 1.55. The molecule has 0 bridgehead atoms. The maximum absolute atomic E-state index is 12.1. The van der Waals surface area contributed by atoms with E-state index in [-0.39, 0.29) is 11.4 Å².